The number of esters is 1. The van der Waals surface area contributed by atoms with Crippen molar-refractivity contribution in [3.05, 3.63) is 33.1 Å². The third-order valence-corrected chi connectivity index (χ3v) is 2.81. The lowest BCUT2D eigenvalue weighted by atomic mass is 10.2. The molecule has 1 aromatic heterocycles. The molecule has 0 saturated carbocycles. The summed E-state index contributed by atoms with van der Waals surface area (Å²) in [6.45, 7) is 0.940. The largest absolute Gasteiger partial charge is 0.458 e. The second kappa shape index (κ2) is 5.37. The summed E-state index contributed by atoms with van der Waals surface area (Å²) < 4.78 is 11.3. The van der Waals surface area contributed by atoms with E-state index < -0.39 is 35.7 Å². The lowest BCUT2D eigenvalue weighted by molar-refractivity contribution is -0.152. The van der Waals surface area contributed by atoms with E-state index in [-0.39, 0.29) is 13.0 Å². The van der Waals surface area contributed by atoms with Gasteiger partial charge in [0.2, 0.25) is 0 Å². The second-order valence-electron chi connectivity index (χ2n) is 4.21. The standard InChI is InChI=1S/C11H14N2O6/c1-6(15)18-8-4-7(5-14)19-10(8)13-9(16)2-3-12-11(13)17/h2-3,7-8,10,14H,4-5H2,1H3,(H,12,17). The van der Waals surface area contributed by atoms with Crippen LogP contribution in [-0.2, 0) is 14.3 Å². The summed E-state index contributed by atoms with van der Waals surface area (Å²) in [6.07, 6.45) is -0.947. The summed E-state index contributed by atoms with van der Waals surface area (Å²) in [4.78, 5) is 36.8. The van der Waals surface area contributed by atoms with E-state index in [1.807, 2.05) is 0 Å². The van der Waals surface area contributed by atoms with Gasteiger partial charge in [-0.15, -0.1) is 0 Å². The molecular weight excluding hydrogens is 256 g/mol. The zero-order chi connectivity index (χ0) is 14.0. The fourth-order valence-corrected chi connectivity index (χ4v) is 2.06. The van der Waals surface area contributed by atoms with Crippen molar-refractivity contribution < 1.29 is 19.4 Å². The van der Waals surface area contributed by atoms with Crippen molar-refractivity contribution in [2.75, 3.05) is 6.61 Å². The maximum Gasteiger partial charge on any atom is 0.330 e. The van der Waals surface area contributed by atoms with Crippen molar-refractivity contribution in [1.82, 2.24) is 9.55 Å². The number of hydrogen-bond acceptors (Lipinski definition) is 6. The van der Waals surface area contributed by atoms with Crippen LogP contribution in [0.4, 0.5) is 0 Å². The van der Waals surface area contributed by atoms with Crippen LogP contribution in [-0.4, -0.2) is 39.4 Å². The molecule has 1 aliphatic heterocycles. The van der Waals surface area contributed by atoms with Crippen LogP contribution in [0.2, 0.25) is 0 Å². The minimum absolute atomic E-state index is 0.224. The number of nitrogens with zero attached hydrogens (tertiary/aromatic N) is 1. The highest BCUT2D eigenvalue weighted by atomic mass is 16.6. The normalized spacial score (nSPS) is 26.3. The maximum absolute atomic E-state index is 11.7. The van der Waals surface area contributed by atoms with E-state index in [4.69, 9.17) is 14.6 Å². The lowest BCUT2D eigenvalue weighted by Crippen LogP contribution is -2.41. The van der Waals surface area contributed by atoms with E-state index in [1.54, 1.807) is 0 Å². The molecule has 1 saturated heterocycles. The smallest absolute Gasteiger partial charge is 0.330 e. The molecule has 0 radical (unpaired) electrons. The molecule has 19 heavy (non-hydrogen) atoms. The van der Waals surface area contributed by atoms with Gasteiger partial charge in [-0.05, 0) is 0 Å². The Kier molecular flexibility index (Phi) is 3.82. The first-order valence-corrected chi connectivity index (χ1v) is 5.76. The molecule has 3 unspecified atom stereocenters. The number of aromatic amines is 1. The predicted molar refractivity (Wildman–Crippen MR) is 62.5 cm³/mol. The third-order valence-electron chi connectivity index (χ3n) is 2.81. The first-order valence-electron chi connectivity index (χ1n) is 5.76. The number of nitrogens with one attached hydrogen (secondary N) is 1. The minimum atomic E-state index is -1.03. The molecule has 104 valence electrons. The fraction of sp³-hybridized carbons (Fsp3) is 0.545. The Morgan fingerprint density at radius 2 is 2.37 bits per heavy atom. The summed E-state index contributed by atoms with van der Waals surface area (Å²) in [5.74, 6) is -0.544. The van der Waals surface area contributed by atoms with E-state index >= 15 is 0 Å². The van der Waals surface area contributed by atoms with Crippen LogP contribution in [0, 0.1) is 0 Å². The highest BCUT2D eigenvalue weighted by molar-refractivity contribution is 5.66. The zero-order valence-electron chi connectivity index (χ0n) is 10.2. The van der Waals surface area contributed by atoms with Crippen LogP contribution in [0.15, 0.2) is 21.9 Å². The number of ether oxygens (including phenoxy) is 2. The first-order chi connectivity index (χ1) is 9.02. The molecule has 8 heteroatoms. The summed E-state index contributed by atoms with van der Waals surface area (Å²) in [7, 11) is 0. The van der Waals surface area contributed by atoms with Gasteiger partial charge in [-0.25, -0.2) is 9.36 Å². The molecule has 0 bridgehead atoms. The van der Waals surface area contributed by atoms with Crippen molar-refractivity contribution in [2.24, 2.45) is 0 Å². The van der Waals surface area contributed by atoms with Gasteiger partial charge in [0.25, 0.3) is 5.56 Å². The number of aliphatic hydroxyl groups is 1. The van der Waals surface area contributed by atoms with Crippen LogP contribution in [0.25, 0.3) is 0 Å². The Balaban J connectivity index is 2.37. The Bertz CT molecular complexity index is 549. The molecule has 0 aliphatic carbocycles. The molecule has 0 amide bonds. The van der Waals surface area contributed by atoms with Crippen LogP contribution < -0.4 is 11.2 Å². The van der Waals surface area contributed by atoms with E-state index in [0.29, 0.717) is 0 Å². The van der Waals surface area contributed by atoms with E-state index in [0.717, 1.165) is 4.57 Å². The molecular formula is C11H14N2O6. The molecule has 1 fully saturated rings. The monoisotopic (exact) mass is 270 g/mol. The average Bonchev–Trinajstić information content (AvgIpc) is 2.71. The van der Waals surface area contributed by atoms with Gasteiger partial charge >= 0.3 is 11.7 Å². The van der Waals surface area contributed by atoms with E-state index in [1.165, 1.54) is 19.2 Å². The molecule has 0 spiro atoms. The number of aliphatic hydroxyl groups excluding tert-OH is 1. The Morgan fingerprint density at radius 3 is 2.95 bits per heavy atom. The van der Waals surface area contributed by atoms with Crippen molar-refractivity contribution >= 4 is 5.97 Å². The van der Waals surface area contributed by atoms with Crippen molar-refractivity contribution in [3.8, 4) is 0 Å². The number of carbonyl (C=O) groups is 1. The molecule has 3 atom stereocenters. The summed E-state index contributed by atoms with van der Waals surface area (Å²) in [5, 5.41) is 9.08. The van der Waals surface area contributed by atoms with Crippen molar-refractivity contribution in [3.63, 3.8) is 0 Å². The summed E-state index contributed by atoms with van der Waals surface area (Å²) in [5.41, 5.74) is -1.22. The first kappa shape index (κ1) is 13.5. The SMILES string of the molecule is CC(=O)OC1CC(CO)OC1n1c(=O)cc[nH]c1=O. The Morgan fingerprint density at radius 1 is 1.63 bits per heavy atom. The average molecular weight is 270 g/mol. The number of hydrogen-bond donors (Lipinski definition) is 2. The van der Waals surface area contributed by atoms with Crippen LogP contribution in [0.1, 0.15) is 19.6 Å². The number of carbonyl (C=O) groups excluding carboxylic acids is 1. The molecule has 8 nitrogen and oxygen atoms in total. The van der Waals surface area contributed by atoms with E-state index in [2.05, 4.69) is 4.98 Å². The highest BCUT2D eigenvalue weighted by Gasteiger charge is 2.39. The minimum Gasteiger partial charge on any atom is -0.458 e. The van der Waals surface area contributed by atoms with Gasteiger partial charge in [0, 0.05) is 25.6 Å². The third kappa shape index (κ3) is 2.74. The zero-order valence-corrected chi connectivity index (χ0v) is 10.2. The van der Waals surface area contributed by atoms with Gasteiger partial charge in [0.1, 0.15) is 6.10 Å². The van der Waals surface area contributed by atoms with Crippen LogP contribution >= 0.6 is 0 Å². The fourth-order valence-electron chi connectivity index (χ4n) is 2.06. The van der Waals surface area contributed by atoms with Gasteiger partial charge < -0.3 is 19.6 Å². The topological polar surface area (TPSA) is 111 Å². The number of aromatic nitrogens is 2. The van der Waals surface area contributed by atoms with E-state index in [9.17, 15) is 14.4 Å². The summed E-state index contributed by atoms with van der Waals surface area (Å²) >= 11 is 0. The van der Waals surface area contributed by atoms with Crippen molar-refractivity contribution in [1.29, 1.82) is 0 Å². The maximum atomic E-state index is 11.7. The van der Waals surface area contributed by atoms with Gasteiger partial charge in [-0.3, -0.25) is 9.59 Å². The van der Waals surface area contributed by atoms with Crippen molar-refractivity contribution in [2.45, 2.75) is 31.8 Å². The van der Waals surface area contributed by atoms with Gasteiger partial charge in [-0.2, -0.15) is 0 Å². The predicted octanol–water partition coefficient (Wildman–Crippen LogP) is -1.25. The molecule has 0 aromatic carbocycles. The molecule has 2 heterocycles. The number of H-pyrrole nitrogens is 1. The Hall–Kier alpha value is -1.93. The molecule has 1 aromatic rings. The van der Waals surface area contributed by atoms with Gasteiger partial charge in [0.05, 0.1) is 12.7 Å². The lowest BCUT2D eigenvalue weighted by Gasteiger charge is -2.19. The molecule has 1 aliphatic rings. The summed E-state index contributed by atoms with van der Waals surface area (Å²) in [6, 6.07) is 1.17. The molecule has 2 rings (SSSR count). The Labute approximate surface area is 107 Å². The molecule has 2 N–H and O–H groups in total. The van der Waals surface area contributed by atoms with Crippen LogP contribution in [0.5, 0.6) is 0 Å². The second-order valence-corrected chi connectivity index (χ2v) is 4.21. The van der Waals surface area contributed by atoms with Gasteiger partial charge in [-0.1, -0.05) is 0 Å². The quantitative estimate of drug-likeness (QED) is 0.664. The highest BCUT2D eigenvalue weighted by Crippen LogP contribution is 2.29. The van der Waals surface area contributed by atoms with Crippen LogP contribution in [0.3, 0.4) is 0 Å². The number of rotatable bonds is 3. The van der Waals surface area contributed by atoms with Gasteiger partial charge in [0.15, 0.2) is 6.23 Å².